The van der Waals surface area contributed by atoms with Gasteiger partial charge in [0.2, 0.25) is 0 Å². The van der Waals surface area contributed by atoms with Crippen molar-refractivity contribution in [2.75, 3.05) is 36.5 Å². The highest BCUT2D eigenvalue weighted by Gasteiger charge is 2.18. The predicted molar refractivity (Wildman–Crippen MR) is 118 cm³/mol. The van der Waals surface area contributed by atoms with E-state index in [1.54, 1.807) is 30.3 Å². The van der Waals surface area contributed by atoms with Gasteiger partial charge in [-0.25, -0.2) is 4.79 Å². The molecule has 1 fully saturated rings. The van der Waals surface area contributed by atoms with Crippen molar-refractivity contribution >= 4 is 28.4 Å². The summed E-state index contributed by atoms with van der Waals surface area (Å²) in [5, 5.41) is 13.4. The van der Waals surface area contributed by atoms with Gasteiger partial charge < -0.3 is 25.0 Å². The molecule has 1 aliphatic rings. The summed E-state index contributed by atoms with van der Waals surface area (Å²) in [5.74, 6) is -0.207. The number of nitrogens with zero attached hydrogens (tertiary/aromatic N) is 1. The van der Waals surface area contributed by atoms with E-state index in [1.807, 2.05) is 26.0 Å². The first kappa shape index (κ1) is 20.0. The number of hydrogen-bond donors (Lipinski definition) is 3. The van der Waals surface area contributed by atoms with Crippen molar-refractivity contribution in [3.8, 4) is 0 Å². The third-order valence-electron chi connectivity index (χ3n) is 5.45. The molecule has 30 heavy (non-hydrogen) atoms. The van der Waals surface area contributed by atoms with Crippen LogP contribution in [-0.2, 0) is 4.74 Å². The summed E-state index contributed by atoms with van der Waals surface area (Å²) in [4.78, 5) is 30.0. The molecule has 2 aromatic carbocycles. The van der Waals surface area contributed by atoms with Crippen molar-refractivity contribution in [2.45, 2.75) is 19.9 Å². The van der Waals surface area contributed by atoms with E-state index in [-0.39, 0.29) is 17.0 Å². The minimum Gasteiger partial charge on any atom is -0.478 e. The highest BCUT2D eigenvalue weighted by Crippen LogP contribution is 2.29. The summed E-state index contributed by atoms with van der Waals surface area (Å²) in [6.07, 6.45) is 0. The SMILES string of the molecule is Cc1cc([C@@H](C)Nc2ccccc2C(=O)O)c2[nH]c(N3CCOCC3)cc(=O)c2c1. The number of nitrogens with one attached hydrogen (secondary N) is 2. The smallest absolute Gasteiger partial charge is 0.337 e. The number of H-pyrrole nitrogens is 1. The Bertz CT molecular complexity index is 1150. The maximum absolute atomic E-state index is 12.9. The van der Waals surface area contributed by atoms with Crippen LogP contribution < -0.4 is 15.6 Å². The van der Waals surface area contributed by atoms with E-state index in [2.05, 4.69) is 15.2 Å². The van der Waals surface area contributed by atoms with Gasteiger partial charge in [-0.2, -0.15) is 0 Å². The van der Waals surface area contributed by atoms with Crippen molar-refractivity contribution in [3.05, 3.63) is 69.4 Å². The second-order valence-corrected chi connectivity index (χ2v) is 7.61. The van der Waals surface area contributed by atoms with Crippen LogP contribution >= 0.6 is 0 Å². The van der Waals surface area contributed by atoms with Crippen LogP contribution in [0, 0.1) is 6.92 Å². The Hall–Kier alpha value is -3.32. The summed E-state index contributed by atoms with van der Waals surface area (Å²) in [6, 6.07) is 12.2. The summed E-state index contributed by atoms with van der Waals surface area (Å²) in [6.45, 7) is 6.63. The van der Waals surface area contributed by atoms with Gasteiger partial charge in [0.15, 0.2) is 5.43 Å². The lowest BCUT2D eigenvalue weighted by atomic mass is 9.99. The Morgan fingerprint density at radius 1 is 1.20 bits per heavy atom. The molecule has 7 nitrogen and oxygen atoms in total. The predicted octanol–water partition coefficient (Wildman–Crippen LogP) is 3.54. The second kappa shape index (κ2) is 8.20. The zero-order valence-corrected chi connectivity index (χ0v) is 17.1. The molecule has 0 spiro atoms. The Balaban J connectivity index is 1.78. The van der Waals surface area contributed by atoms with Gasteiger partial charge in [0.05, 0.1) is 30.3 Å². The van der Waals surface area contributed by atoms with Crippen LogP contribution in [0.15, 0.2) is 47.3 Å². The van der Waals surface area contributed by atoms with Gasteiger partial charge in [0.25, 0.3) is 0 Å². The zero-order valence-electron chi connectivity index (χ0n) is 17.1. The second-order valence-electron chi connectivity index (χ2n) is 7.61. The number of hydrogen-bond acceptors (Lipinski definition) is 5. The van der Waals surface area contributed by atoms with Crippen LogP contribution in [0.5, 0.6) is 0 Å². The lowest BCUT2D eigenvalue weighted by Crippen LogP contribution is -2.37. The number of aromatic amines is 1. The molecular weight excluding hydrogens is 382 g/mol. The molecule has 0 saturated carbocycles. The zero-order chi connectivity index (χ0) is 21.3. The van der Waals surface area contributed by atoms with E-state index in [1.165, 1.54) is 0 Å². The van der Waals surface area contributed by atoms with Gasteiger partial charge in [0.1, 0.15) is 5.82 Å². The first-order valence-electron chi connectivity index (χ1n) is 10.0. The Labute approximate surface area is 174 Å². The minimum absolute atomic E-state index is 0.0340. The maximum Gasteiger partial charge on any atom is 0.337 e. The number of morpholine rings is 1. The number of aromatic nitrogens is 1. The van der Waals surface area contributed by atoms with E-state index in [0.717, 1.165) is 35.6 Å². The lowest BCUT2D eigenvalue weighted by Gasteiger charge is -2.29. The molecule has 0 amide bonds. The number of pyridine rings is 1. The number of anilines is 2. The molecule has 3 N–H and O–H groups in total. The molecule has 1 aliphatic heterocycles. The number of aryl methyl sites for hydroxylation is 1. The summed E-state index contributed by atoms with van der Waals surface area (Å²) >= 11 is 0. The average Bonchev–Trinajstić information content (AvgIpc) is 2.74. The molecule has 1 aromatic heterocycles. The van der Waals surface area contributed by atoms with Gasteiger partial charge >= 0.3 is 5.97 Å². The number of para-hydroxylation sites is 1. The summed E-state index contributed by atoms with van der Waals surface area (Å²) in [7, 11) is 0. The summed E-state index contributed by atoms with van der Waals surface area (Å²) < 4.78 is 5.42. The van der Waals surface area contributed by atoms with Crippen molar-refractivity contribution in [1.82, 2.24) is 4.98 Å². The molecule has 1 saturated heterocycles. The van der Waals surface area contributed by atoms with Gasteiger partial charge in [-0.3, -0.25) is 4.79 Å². The molecule has 2 heterocycles. The molecule has 7 heteroatoms. The fraction of sp³-hybridized carbons (Fsp3) is 0.304. The number of ether oxygens (including phenoxy) is 1. The summed E-state index contributed by atoms with van der Waals surface area (Å²) in [5.41, 5.74) is 3.37. The van der Waals surface area contributed by atoms with Crippen molar-refractivity contribution in [2.24, 2.45) is 0 Å². The number of carbonyl (C=O) groups is 1. The van der Waals surface area contributed by atoms with Gasteiger partial charge in [-0.1, -0.05) is 18.2 Å². The normalized spacial score (nSPS) is 15.2. The number of fused-ring (bicyclic) bond motifs is 1. The Kier molecular flexibility index (Phi) is 5.46. The molecule has 4 rings (SSSR count). The minimum atomic E-state index is -0.984. The van der Waals surface area contributed by atoms with Crippen LogP contribution in [0.25, 0.3) is 10.9 Å². The highest BCUT2D eigenvalue weighted by atomic mass is 16.5. The lowest BCUT2D eigenvalue weighted by molar-refractivity contribution is 0.0698. The molecule has 3 aromatic rings. The molecule has 0 radical (unpaired) electrons. The third kappa shape index (κ3) is 3.89. The van der Waals surface area contributed by atoms with Gasteiger partial charge in [-0.15, -0.1) is 0 Å². The van der Waals surface area contributed by atoms with Crippen LogP contribution in [0.3, 0.4) is 0 Å². The molecular formula is C23H25N3O4. The molecule has 0 unspecified atom stereocenters. The van der Waals surface area contributed by atoms with Crippen LogP contribution in [0.1, 0.15) is 34.5 Å². The van der Waals surface area contributed by atoms with Crippen LogP contribution in [-0.4, -0.2) is 42.4 Å². The quantitative estimate of drug-likeness (QED) is 0.599. The average molecular weight is 407 g/mol. The maximum atomic E-state index is 12.9. The first-order chi connectivity index (χ1) is 14.4. The van der Waals surface area contributed by atoms with Crippen molar-refractivity contribution in [3.63, 3.8) is 0 Å². The number of aromatic carboxylic acids is 1. The number of benzene rings is 2. The van der Waals surface area contributed by atoms with Gasteiger partial charge in [0, 0.05) is 30.2 Å². The van der Waals surface area contributed by atoms with E-state index < -0.39 is 5.97 Å². The standard InChI is InChI=1S/C23H25N3O4/c1-14-11-17(15(2)24-19-6-4-3-5-16(19)23(28)29)22-18(12-14)20(27)13-21(25-22)26-7-9-30-10-8-26/h3-6,11-13,15,24H,7-10H2,1-2H3,(H,25,27)(H,28,29)/t15-/m1/s1. The molecule has 0 bridgehead atoms. The van der Waals surface area contributed by atoms with E-state index in [4.69, 9.17) is 4.74 Å². The molecule has 1 atom stereocenters. The topological polar surface area (TPSA) is 94.7 Å². The largest absolute Gasteiger partial charge is 0.478 e. The molecule has 0 aliphatic carbocycles. The number of carboxylic acid groups (broad SMARTS) is 1. The number of carboxylic acids is 1. The van der Waals surface area contributed by atoms with E-state index in [0.29, 0.717) is 24.3 Å². The third-order valence-corrected chi connectivity index (χ3v) is 5.45. The monoisotopic (exact) mass is 407 g/mol. The fourth-order valence-corrected chi connectivity index (χ4v) is 3.94. The van der Waals surface area contributed by atoms with Crippen molar-refractivity contribution in [1.29, 1.82) is 0 Å². The fourth-order valence-electron chi connectivity index (χ4n) is 3.94. The highest BCUT2D eigenvalue weighted by molar-refractivity contribution is 5.94. The van der Waals surface area contributed by atoms with Crippen molar-refractivity contribution < 1.29 is 14.6 Å². The van der Waals surface area contributed by atoms with Crippen LogP contribution in [0.4, 0.5) is 11.5 Å². The Morgan fingerprint density at radius 3 is 2.67 bits per heavy atom. The van der Waals surface area contributed by atoms with Gasteiger partial charge in [-0.05, 0) is 43.2 Å². The molecule has 156 valence electrons. The van der Waals surface area contributed by atoms with E-state index in [9.17, 15) is 14.7 Å². The first-order valence-corrected chi connectivity index (χ1v) is 10.0. The van der Waals surface area contributed by atoms with Crippen LogP contribution in [0.2, 0.25) is 0 Å². The van der Waals surface area contributed by atoms with E-state index >= 15 is 0 Å². The Morgan fingerprint density at radius 2 is 1.93 bits per heavy atom. The number of rotatable bonds is 5.